The minimum Gasteiger partial charge on any atom is -0.478 e. The number of carbonyl (C=O) groups is 3. The van der Waals surface area contributed by atoms with Crippen LogP contribution in [-0.2, 0) is 11.8 Å². The molecule has 0 aliphatic rings. The number of hydrogen-bond acceptors (Lipinski definition) is 6. The van der Waals surface area contributed by atoms with Crippen LogP contribution in [0.25, 0.3) is 0 Å². The second-order valence-corrected chi connectivity index (χ2v) is 8.62. The van der Waals surface area contributed by atoms with Crippen LogP contribution in [-0.4, -0.2) is 43.4 Å². The van der Waals surface area contributed by atoms with Crippen molar-refractivity contribution in [2.24, 2.45) is 13.0 Å². The molecule has 9 nitrogen and oxygen atoms in total. The van der Waals surface area contributed by atoms with Gasteiger partial charge in [0.1, 0.15) is 0 Å². The van der Waals surface area contributed by atoms with Crippen LogP contribution < -0.4 is 10.6 Å². The first-order valence-electron chi connectivity index (χ1n) is 10.3. The van der Waals surface area contributed by atoms with Crippen LogP contribution in [0.5, 0.6) is 0 Å². The molecule has 0 bridgehead atoms. The molecule has 3 N–H and O–H groups in total. The second kappa shape index (κ2) is 10.8. The zero-order valence-electron chi connectivity index (χ0n) is 18.5. The largest absolute Gasteiger partial charge is 0.478 e. The molecule has 1 aromatic heterocycles. The molecular formula is C23H25N5O4S. The predicted octanol–water partition coefficient (Wildman–Crippen LogP) is 3.37. The van der Waals surface area contributed by atoms with E-state index in [9.17, 15) is 14.4 Å². The van der Waals surface area contributed by atoms with Gasteiger partial charge < -0.3 is 20.3 Å². The first-order valence-corrected chi connectivity index (χ1v) is 11.3. The highest BCUT2D eigenvalue weighted by Crippen LogP contribution is 2.24. The van der Waals surface area contributed by atoms with Crippen molar-refractivity contribution in [3.05, 3.63) is 71.5 Å². The van der Waals surface area contributed by atoms with Crippen molar-refractivity contribution >= 4 is 35.2 Å². The minimum absolute atomic E-state index is 0.0653. The number of carboxylic acid groups (broad SMARTS) is 1. The van der Waals surface area contributed by atoms with Gasteiger partial charge in [-0.05, 0) is 42.3 Å². The van der Waals surface area contributed by atoms with E-state index < -0.39 is 5.97 Å². The normalized spacial score (nSPS) is 11.8. The van der Waals surface area contributed by atoms with Crippen molar-refractivity contribution in [1.29, 1.82) is 0 Å². The van der Waals surface area contributed by atoms with Gasteiger partial charge in [0, 0.05) is 18.3 Å². The highest BCUT2D eigenvalue weighted by molar-refractivity contribution is 7.99. The average molecular weight is 468 g/mol. The fraction of sp³-hybridized carbons (Fsp3) is 0.261. The van der Waals surface area contributed by atoms with Gasteiger partial charge in [-0.2, -0.15) is 0 Å². The maximum absolute atomic E-state index is 12.6. The summed E-state index contributed by atoms with van der Waals surface area (Å²) in [5.74, 6) is -0.724. The standard InChI is InChI=1S/C23H25N5O4S/c1-14(2)19(25-21(30)15-7-5-4-6-8-15)20-26-27-23(28(20)3)33-13-18(29)24-17-11-9-16(10-12-17)22(31)32/h4-12,14,19H,13H2,1-3H3,(H,24,29)(H,25,30)(H,31,32)/t19-/m1/s1. The van der Waals surface area contributed by atoms with Crippen molar-refractivity contribution in [3.63, 3.8) is 0 Å². The van der Waals surface area contributed by atoms with Gasteiger partial charge >= 0.3 is 5.97 Å². The average Bonchev–Trinajstić information content (AvgIpc) is 3.16. The number of aromatic nitrogens is 3. The highest BCUT2D eigenvalue weighted by Gasteiger charge is 2.25. The summed E-state index contributed by atoms with van der Waals surface area (Å²) in [5.41, 5.74) is 1.22. The Labute approximate surface area is 195 Å². The van der Waals surface area contributed by atoms with Crippen LogP contribution in [0, 0.1) is 5.92 Å². The Morgan fingerprint density at radius 1 is 1.00 bits per heavy atom. The van der Waals surface area contributed by atoms with E-state index in [-0.39, 0.29) is 35.1 Å². The molecule has 2 aromatic carbocycles. The monoisotopic (exact) mass is 467 g/mol. The highest BCUT2D eigenvalue weighted by atomic mass is 32.2. The number of nitrogens with zero attached hydrogens (tertiary/aromatic N) is 3. The number of carboxylic acids is 1. The third kappa shape index (κ3) is 6.19. The molecule has 0 radical (unpaired) electrons. The Morgan fingerprint density at radius 3 is 2.27 bits per heavy atom. The van der Waals surface area contributed by atoms with Gasteiger partial charge in [-0.25, -0.2) is 4.79 Å². The van der Waals surface area contributed by atoms with E-state index >= 15 is 0 Å². The number of hydrogen-bond donors (Lipinski definition) is 3. The lowest BCUT2D eigenvalue weighted by Crippen LogP contribution is -2.33. The van der Waals surface area contributed by atoms with Gasteiger partial charge in [0.05, 0.1) is 17.4 Å². The van der Waals surface area contributed by atoms with Crippen LogP contribution >= 0.6 is 11.8 Å². The summed E-state index contributed by atoms with van der Waals surface area (Å²) in [6.45, 7) is 3.97. The van der Waals surface area contributed by atoms with Gasteiger partial charge in [-0.3, -0.25) is 9.59 Å². The lowest BCUT2D eigenvalue weighted by Gasteiger charge is -2.21. The summed E-state index contributed by atoms with van der Waals surface area (Å²) in [6, 6.07) is 14.5. The van der Waals surface area contributed by atoms with E-state index in [0.29, 0.717) is 22.2 Å². The molecule has 0 saturated heterocycles. The number of carbonyl (C=O) groups excluding carboxylic acids is 2. The van der Waals surface area contributed by atoms with Gasteiger partial charge in [0.2, 0.25) is 5.91 Å². The van der Waals surface area contributed by atoms with Crippen LogP contribution in [0.1, 0.15) is 46.4 Å². The molecule has 0 aliphatic heterocycles. The summed E-state index contributed by atoms with van der Waals surface area (Å²) < 4.78 is 1.77. The number of rotatable bonds is 9. The number of aromatic carboxylic acids is 1. The molecule has 172 valence electrons. The lowest BCUT2D eigenvalue weighted by atomic mass is 10.0. The lowest BCUT2D eigenvalue weighted by molar-refractivity contribution is -0.113. The molecule has 0 unspecified atom stereocenters. The quantitative estimate of drug-likeness (QED) is 0.412. The van der Waals surface area contributed by atoms with Gasteiger partial charge in [0.25, 0.3) is 5.91 Å². The predicted molar refractivity (Wildman–Crippen MR) is 125 cm³/mol. The van der Waals surface area contributed by atoms with Crippen molar-refractivity contribution in [2.75, 3.05) is 11.1 Å². The van der Waals surface area contributed by atoms with Crippen LogP contribution in [0.15, 0.2) is 59.8 Å². The Bertz CT molecular complexity index is 1130. The van der Waals surface area contributed by atoms with E-state index in [1.54, 1.807) is 23.7 Å². The number of amides is 2. The molecule has 0 spiro atoms. The first kappa shape index (κ1) is 24.0. The van der Waals surface area contributed by atoms with E-state index in [4.69, 9.17) is 5.11 Å². The molecule has 3 aromatic rings. The SMILES string of the molecule is CC(C)[C@@H](NC(=O)c1ccccc1)c1nnc(SCC(=O)Nc2ccc(C(=O)O)cc2)n1C. The molecule has 3 rings (SSSR count). The van der Waals surface area contributed by atoms with Crippen molar-refractivity contribution in [2.45, 2.75) is 25.0 Å². The zero-order valence-corrected chi connectivity index (χ0v) is 19.3. The summed E-state index contributed by atoms with van der Waals surface area (Å²) in [6.07, 6.45) is 0. The Kier molecular flexibility index (Phi) is 7.83. The van der Waals surface area contributed by atoms with Crippen LogP contribution in [0.4, 0.5) is 5.69 Å². The third-order valence-corrected chi connectivity index (χ3v) is 5.90. The fourth-order valence-corrected chi connectivity index (χ4v) is 3.81. The van der Waals surface area contributed by atoms with Gasteiger partial charge in [-0.1, -0.05) is 43.8 Å². The maximum atomic E-state index is 12.6. The smallest absolute Gasteiger partial charge is 0.335 e. The van der Waals surface area contributed by atoms with Crippen molar-refractivity contribution in [3.8, 4) is 0 Å². The fourth-order valence-electron chi connectivity index (χ4n) is 3.09. The summed E-state index contributed by atoms with van der Waals surface area (Å²) in [4.78, 5) is 35.9. The first-order chi connectivity index (χ1) is 15.8. The zero-order chi connectivity index (χ0) is 24.0. The Balaban J connectivity index is 1.63. The molecular weight excluding hydrogens is 442 g/mol. The van der Waals surface area contributed by atoms with Crippen molar-refractivity contribution in [1.82, 2.24) is 20.1 Å². The van der Waals surface area contributed by atoms with Crippen LogP contribution in [0.3, 0.4) is 0 Å². The number of anilines is 1. The summed E-state index contributed by atoms with van der Waals surface area (Å²) in [7, 11) is 1.80. The van der Waals surface area contributed by atoms with E-state index in [1.807, 2.05) is 32.0 Å². The van der Waals surface area contributed by atoms with E-state index in [2.05, 4.69) is 20.8 Å². The van der Waals surface area contributed by atoms with Crippen LogP contribution in [0.2, 0.25) is 0 Å². The molecule has 0 fully saturated rings. The molecule has 1 atom stereocenters. The third-order valence-electron chi connectivity index (χ3n) is 4.88. The topological polar surface area (TPSA) is 126 Å². The van der Waals surface area contributed by atoms with E-state index in [0.717, 1.165) is 0 Å². The molecule has 33 heavy (non-hydrogen) atoms. The number of nitrogens with one attached hydrogen (secondary N) is 2. The van der Waals surface area contributed by atoms with Crippen molar-refractivity contribution < 1.29 is 19.5 Å². The molecule has 10 heteroatoms. The number of benzene rings is 2. The molecule has 2 amide bonds. The molecule has 0 saturated carbocycles. The summed E-state index contributed by atoms with van der Waals surface area (Å²) >= 11 is 1.22. The van der Waals surface area contributed by atoms with Gasteiger partial charge in [0.15, 0.2) is 11.0 Å². The van der Waals surface area contributed by atoms with Gasteiger partial charge in [-0.15, -0.1) is 10.2 Å². The second-order valence-electron chi connectivity index (χ2n) is 7.68. The number of thioether (sulfide) groups is 1. The summed E-state index contributed by atoms with van der Waals surface area (Å²) in [5, 5.41) is 23.7. The maximum Gasteiger partial charge on any atom is 0.335 e. The Morgan fingerprint density at radius 2 is 1.67 bits per heavy atom. The minimum atomic E-state index is -1.03. The molecule has 0 aliphatic carbocycles. The molecule has 1 heterocycles. The Hall–Kier alpha value is -3.66. The van der Waals surface area contributed by atoms with E-state index in [1.165, 1.54) is 36.0 Å².